The summed E-state index contributed by atoms with van der Waals surface area (Å²) in [6.07, 6.45) is -0.707. The molecule has 1 aromatic carbocycles. The molecule has 0 saturated carbocycles. The fraction of sp³-hybridized carbons (Fsp3) is 0.333. The molecule has 106 valence electrons. The Kier molecular flexibility index (Phi) is 4.28. The summed E-state index contributed by atoms with van der Waals surface area (Å²) in [5.41, 5.74) is 1.25. The smallest absolute Gasteiger partial charge is 0.428 e. The molecule has 0 aliphatic heterocycles. The maximum atomic E-state index is 11.6. The number of aromatic nitrogens is 1. The second-order valence-electron chi connectivity index (χ2n) is 5.36. The average molecular weight is 338 g/mol. The van der Waals surface area contributed by atoms with E-state index in [1.807, 2.05) is 18.2 Å². The summed E-state index contributed by atoms with van der Waals surface area (Å²) >= 11 is 3.37. The molecule has 2 rings (SSSR count). The Labute approximate surface area is 126 Å². The van der Waals surface area contributed by atoms with E-state index in [0.29, 0.717) is 11.1 Å². The standard InChI is InChI=1S/C15H16BrNO3/c1-15(2,3)20-14(18)19-12-6-7-13-10(8-12)4-5-11(9-16)17-13/h4-8H,9H2,1-3H3. The van der Waals surface area contributed by atoms with E-state index in [-0.39, 0.29) is 0 Å². The lowest BCUT2D eigenvalue weighted by Crippen LogP contribution is -2.25. The predicted octanol–water partition coefficient (Wildman–Crippen LogP) is 4.44. The molecule has 0 bridgehead atoms. The van der Waals surface area contributed by atoms with Crippen LogP contribution in [0.1, 0.15) is 26.5 Å². The molecule has 0 fully saturated rings. The maximum absolute atomic E-state index is 11.6. The van der Waals surface area contributed by atoms with Crippen molar-refractivity contribution in [3.63, 3.8) is 0 Å². The van der Waals surface area contributed by atoms with Crippen molar-refractivity contribution in [2.24, 2.45) is 0 Å². The van der Waals surface area contributed by atoms with Crippen molar-refractivity contribution in [1.29, 1.82) is 0 Å². The number of alkyl halides is 1. The Morgan fingerprint density at radius 3 is 2.65 bits per heavy atom. The molecule has 0 saturated heterocycles. The number of fused-ring (bicyclic) bond motifs is 1. The van der Waals surface area contributed by atoms with Gasteiger partial charge in [-0.3, -0.25) is 4.98 Å². The number of nitrogens with zero attached hydrogens (tertiary/aromatic N) is 1. The van der Waals surface area contributed by atoms with Crippen molar-refractivity contribution >= 4 is 33.0 Å². The van der Waals surface area contributed by atoms with Gasteiger partial charge >= 0.3 is 6.16 Å². The summed E-state index contributed by atoms with van der Waals surface area (Å²) in [6.45, 7) is 5.38. The second-order valence-corrected chi connectivity index (χ2v) is 5.92. The maximum Gasteiger partial charge on any atom is 0.514 e. The number of carbonyl (C=O) groups excluding carboxylic acids is 1. The van der Waals surface area contributed by atoms with Crippen LogP contribution in [0.4, 0.5) is 4.79 Å². The molecular formula is C15H16BrNO3. The third kappa shape index (κ3) is 3.93. The molecule has 0 unspecified atom stereocenters. The van der Waals surface area contributed by atoms with E-state index in [1.165, 1.54) is 0 Å². The van der Waals surface area contributed by atoms with Gasteiger partial charge in [0.05, 0.1) is 11.2 Å². The number of ether oxygens (including phenoxy) is 2. The van der Waals surface area contributed by atoms with Gasteiger partial charge in [-0.05, 0) is 45.0 Å². The minimum absolute atomic E-state index is 0.445. The fourth-order valence-corrected chi connectivity index (χ4v) is 1.96. The molecule has 20 heavy (non-hydrogen) atoms. The highest BCUT2D eigenvalue weighted by Crippen LogP contribution is 2.21. The van der Waals surface area contributed by atoms with E-state index < -0.39 is 11.8 Å². The van der Waals surface area contributed by atoms with Crippen molar-refractivity contribution in [2.45, 2.75) is 31.7 Å². The lowest BCUT2D eigenvalue weighted by Gasteiger charge is -2.18. The van der Waals surface area contributed by atoms with Crippen LogP contribution in [-0.2, 0) is 10.1 Å². The monoisotopic (exact) mass is 337 g/mol. The van der Waals surface area contributed by atoms with E-state index in [1.54, 1.807) is 32.9 Å². The van der Waals surface area contributed by atoms with Crippen LogP contribution in [0.2, 0.25) is 0 Å². The third-order valence-electron chi connectivity index (χ3n) is 2.45. The second kappa shape index (κ2) is 5.79. The SMILES string of the molecule is CC(C)(C)OC(=O)Oc1ccc2nc(CBr)ccc2c1. The zero-order chi connectivity index (χ0) is 14.8. The van der Waals surface area contributed by atoms with E-state index >= 15 is 0 Å². The fourth-order valence-electron chi connectivity index (χ4n) is 1.65. The lowest BCUT2D eigenvalue weighted by molar-refractivity contribution is 0.0206. The van der Waals surface area contributed by atoms with Gasteiger partial charge in [-0.25, -0.2) is 4.79 Å². The van der Waals surface area contributed by atoms with Crippen LogP contribution in [-0.4, -0.2) is 16.7 Å². The summed E-state index contributed by atoms with van der Waals surface area (Å²) in [7, 11) is 0. The van der Waals surface area contributed by atoms with Crippen molar-refractivity contribution in [1.82, 2.24) is 4.98 Å². The van der Waals surface area contributed by atoms with Crippen molar-refractivity contribution in [3.05, 3.63) is 36.0 Å². The molecule has 0 amide bonds. The van der Waals surface area contributed by atoms with E-state index in [9.17, 15) is 4.79 Å². The van der Waals surface area contributed by atoms with Gasteiger partial charge in [-0.1, -0.05) is 22.0 Å². The quantitative estimate of drug-likeness (QED) is 0.461. The van der Waals surface area contributed by atoms with Crippen molar-refractivity contribution < 1.29 is 14.3 Å². The zero-order valence-corrected chi connectivity index (χ0v) is 13.2. The van der Waals surface area contributed by atoms with E-state index in [0.717, 1.165) is 16.6 Å². The highest BCUT2D eigenvalue weighted by atomic mass is 79.9. The Hall–Kier alpha value is -1.62. The van der Waals surface area contributed by atoms with Crippen LogP contribution in [0.15, 0.2) is 30.3 Å². The Bertz CT molecular complexity index is 635. The molecule has 1 aromatic heterocycles. The van der Waals surface area contributed by atoms with Crippen LogP contribution < -0.4 is 4.74 Å². The summed E-state index contributed by atoms with van der Waals surface area (Å²) in [4.78, 5) is 16.1. The first-order valence-electron chi connectivity index (χ1n) is 6.24. The van der Waals surface area contributed by atoms with Crippen LogP contribution in [0.3, 0.4) is 0 Å². The first-order valence-corrected chi connectivity index (χ1v) is 7.36. The molecule has 0 radical (unpaired) electrons. The van der Waals surface area contributed by atoms with Gasteiger partial charge in [-0.15, -0.1) is 0 Å². The molecule has 0 atom stereocenters. The summed E-state index contributed by atoms with van der Waals surface area (Å²) in [5, 5.41) is 1.62. The number of carbonyl (C=O) groups is 1. The van der Waals surface area contributed by atoms with Crippen molar-refractivity contribution in [2.75, 3.05) is 0 Å². The molecule has 0 aliphatic carbocycles. The third-order valence-corrected chi connectivity index (χ3v) is 3.02. The van der Waals surface area contributed by atoms with E-state index in [4.69, 9.17) is 9.47 Å². The molecule has 5 heteroatoms. The van der Waals surface area contributed by atoms with Crippen LogP contribution >= 0.6 is 15.9 Å². The number of pyridine rings is 1. The molecule has 4 nitrogen and oxygen atoms in total. The highest BCUT2D eigenvalue weighted by Gasteiger charge is 2.18. The topological polar surface area (TPSA) is 48.4 Å². The molecule has 0 aliphatic rings. The van der Waals surface area contributed by atoms with Gasteiger partial charge in [-0.2, -0.15) is 0 Å². The van der Waals surface area contributed by atoms with Gasteiger partial charge in [0, 0.05) is 10.7 Å². The number of halogens is 1. The number of hydrogen-bond acceptors (Lipinski definition) is 4. The molecular weight excluding hydrogens is 322 g/mol. The predicted molar refractivity (Wildman–Crippen MR) is 81.2 cm³/mol. The van der Waals surface area contributed by atoms with Crippen LogP contribution in [0.25, 0.3) is 10.9 Å². The van der Waals surface area contributed by atoms with Gasteiger partial charge < -0.3 is 9.47 Å². The summed E-state index contributed by atoms with van der Waals surface area (Å²) in [5.74, 6) is 0.445. The first-order chi connectivity index (χ1) is 9.37. The van der Waals surface area contributed by atoms with Crippen LogP contribution in [0.5, 0.6) is 5.75 Å². The Morgan fingerprint density at radius 2 is 2.00 bits per heavy atom. The normalized spacial score (nSPS) is 11.4. The summed E-state index contributed by atoms with van der Waals surface area (Å²) in [6, 6.07) is 9.16. The van der Waals surface area contributed by atoms with Gasteiger partial charge in [0.2, 0.25) is 0 Å². The summed E-state index contributed by atoms with van der Waals surface area (Å²) < 4.78 is 10.3. The largest absolute Gasteiger partial charge is 0.514 e. The minimum atomic E-state index is -0.707. The lowest BCUT2D eigenvalue weighted by atomic mass is 10.2. The average Bonchev–Trinajstić information content (AvgIpc) is 2.35. The van der Waals surface area contributed by atoms with Gasteiger partial charge in [0.15, 0.2) is 0 Å². The van der Waals surface area contributed by atoms with Gasteiger partial charge in [0.1, 0.15) is 11.4 Å². The van der Waals surface area contributed by atoms with Gasteiger partial charge in [0.25, 0.3) is 0 Å². The Morgan fingerprint density at radius 1 is 1.25 bits per heavy atom. The minimum Gasteiger partial charge on any atom is -0.428 e. The molecule has 0 spiro atoms. The van der Waals surface area contributed by atoms with Crippen LogP contribution in [0, 0.1) is 0 Å². The van der Waals surface area contributed by atoms with Crippen molar-refractivity contribution in [3.8, 4) is 5.75 Å². The molecule has 0 N–H and O–H groups in total. The highest BCUT2D eigenvalue weighted by molar-refractivity contribution is 9.08. The zero-order valence-electron chi connectivity index (χ0n) is 11.6. The number of rotatable bonds is 2. The Balaban J connectivity index is 2.18. The molecule has 2 aromatic rings. The number of hydrogen-bond donors (Lipinski definition) is 0. The first kappa shape index (κ1) is 14.8. The molecule has 1 heterocycles. The number of benzene rings is 1. The van der Waals surface area contributed by atoms with E-state index in [2.05, 4.69) is 20.9 Å².